The normalized spacial score (nSPS) is 10.5. The average Bonchev–Trinajstić information content (AvgIpc) is 2.35. The molecule has 0 bridgehead atoms. The number of methoxy groups -OCH3 is 1. The molecule has 0 atom stereocenters. The summed E-state index contributed by atoms with van der Waals surface area (Å²) in [6.45, 7) is 0. The fourth-order valence-electron chi connectivity index (χ4n) is 1.14. The second kappa shape index (κ2) is 5.47. The van der Waals surface area contributed by atoms with Crippen LogP contribution in [-0.4, -0.2) is 24.2 Å². The molecule has 1 aromatic carbocycles. The van der Waals surface area contributed by atoms with Gasteiger partial charge in [-0.15, -0.1) is 0 Å². The number of nitriles is 1. The monoisotopic (exact) mass is 231 g/mol. The van der Waals surface area contributed by atoms with Crippen LogP contribution >= 0.6 is 0 Å². The van der Waals surface area contributed by atoms with Gasteiger partial charge in [0.2, 0.25) is 0 Å². The summed E-state index contributed by atoms with van der Waals surface area (Å²) in [4.78, 5) is 21.7. The highest BCUT2D eigenvalue weighted by molar-refractivity contribution is 5.96. The molecule has 0 heterocycles. The molecule has 0 unspecified atom stereocenters. The van der Waals surface area contributed by atoms with Crippen LogP contribution in [0.4, 0.5) is 0 Å². The molecule has 5 nitrogen and oxygen atoms in total. The topological polar surface area (TPSA) is 87.4 Å². The molecule has 86 valence electrons. The van der Waals surface area contributed by atoms with Gasteiger partial charge in [-0.05, 0) is 23.8 Å². The number of carboxylic acids is 1. The summed E-state index contributed by atoms with van der Waals surface area (Å²) in [6, 6.07) is 7.63. The van der Waals surface area contributed by atoms with Gasteiger partial charge in [0.25, 0.3) is 0 Å². The molecule has 0 spiro atoms. The third-order valence-corrected chi connectivity index (χ3v) is 1.99. The second-order valence-corrected chi connectivity index (χ2v) is 3.09. The van der Waals surface area contributed by atoms with E-state index in [1.165, 1.54) is 37.5 Å². The molecule has 0 amide bonds. The number of carbonyl (C=O) groups excluding carboxylic acids is 1. The first-order valence-corrected chi connectivity index (χ1v) is 4.62. The van der Waals surface area contributed by atoms with Crippen LogP contribution in [0, 0.1) is 11.3 Å². The van der Waals surface area contributed by atoms with Crippen molar-refractivity contribution in [1.29, 1.82) is 5.26 Å². The first-order chi connectivity index (χ1) is 8.08. The van der Waals surface area contributed by atoms with E-state index in [2.05, 4.69) is 4.74 Å². The molecule has 0 fully saturated rings. The van der Waals surface area contributed by atoms with E-state index in [-0.39, 0.29) is 5.57 Å². The maximum atomic E-state index is 11.1. The van der Waals surface area contributed by atoms with E-state index in [1.54, 1.807) is 6.07 Å². The van der Waals surface area contributed by atoms with Gasteiger partial charge in [0, 0.05) is 0 Å². The molecule has 1 rings (SSSR count). The zero-order valence-electron chi connectivity index (χ0n) is 9.01. The minimum atomic E-state index is -1.29. The molecular weight excluding hydrogens is 222 g/mol. The van der Waals surface area contributed by atoms with Crippen LogP contribution < -0.4 is 0 Å². The van der Waals surface area contributed by atoms with Crippen LogP contribution in [0.25, 0.3) is 6.08 Å². The lowest BCUT2D eigenvalue weighted by Crippen LogP contribution is -2.00. The van der Waals surface area contributed by atoms with Crippen molar-refractivity contribution in [3.05, 3.63) is 41.0 Å². The Morgan fingerprint density at radius 1 is 1.35 bits per heavy atom. The third-order valence-electron chi connectivity index (χ3n) is 1.99. The first-order valence-electron chi connectivity index (χ1n) is 4.62. The van der Waals surface area contributed by atoms with Gasteiger partial charge in [-0.3, -0.25) is 0 Å². The van der Waals surface area contributed by atoms with Crippen molar-refractivity contribution in [3.8, 4) is 6.07 Å². The zero-order chi connectivity index (χ0) is 12.8. The van der Waals surface area contributed by atoms with Crippen molar-refractivity contribution >= 4 is 18.0 Å². The van der Waals surface area contributed by atoms with E-state index in [0.717, 1.165) is 0 Å². The number of benzene rings is 1. The molecule has 0 aliphatic carbocycles. The summed E-state index contributed by atoms with van der Waals surface area (Å²) < 4.78 is 4.52. The number of hydrogen-bond donors (Lipinski definition) is 1. The lowest BCUT2D eigenvalue weighted by atomic mass is 10.1. The van der Waals surface area contributed by atoms with Crippen LogP contribution in [-0.2, 0) is 9.53 Å². The van der Waals surface area contributed by atoms with Crippen LogP contribution in [0.3, 0.4) is 0 Å². The Labute approximate surface area is 97.6 Å². The van der Waals surface area contributed by atoms with E-state index in [1.807, 2.05) is 0 Å². The first kappa shape index (κ1) is 12.5. The smallest absolute Gasteiger partial charge is 0.346 e. The Kier molecular flexibility index (Phi) is 4.01. The Bertz CT molecular complexity index is 508. The van der Waals surface area contributed by atoms with Crippen molar-refractivity contribution in [1.82, 2.24) is 0 Å². The number of rotatable bonds is 3. The Morgan fingerprint density at radius 2 is 1.94 bits per heavy atom. The van der Waals surface area contributed by atoms with Gasteiger partial charge >= 0.3 is 11.9 Å². The predicted octanol–water partition coefficient (Wildman–Crippen LogP) is 1.46. The largest absolute Gasteiger partial charge is 0.477 e. The quantitative estimate of drug-likeness (QED) is 0.483. The summed E-state index contributed by atoms with van der Waals surface area (Å²) in [7, 11) is 1.27. The number of esters is 1. The minimum Gasteiger partial charge on any atom is -0.477 e. The molecule has 0 aromatic heterocycles. The highest BCUT2D eigenvalue weighted by Crippen LogP contribution is 2.09. The average molecular weight is 231 g/mol. The van der Waals surface area contributed by atoms with Gasteiger partial charge in [-0.2, -0.15) is 5.26 Å². The Morgan fingerprint density at radius 3 is 2.35 bits per heavy atom. The fourth-order valence-corrected chi connectivity index (χ4v) is 1.14. The van der Waals surface area contributed by atoms with E-state index >= 15 is 0 Å². The standard InChI is InChI=1S/C12H9NO4/c1-17-12(16)9-4-2-8(3-5-9)6-10(7-13)11(14)15/h2-6H,1H3,(H,14,15). The summed E-state index contributed by atoms with van der Waals surface area (Å²) in [5, 5.41) is 17.2. The third kappa shape index (κ3) is 3.18. The van der Waals surface area contributed by atoms with Gasteiger partial charge in [0.1, 0.15) is 11.6 Å². The number of nitrogens with zero attached hydrogens (tertiary/aromatic N) is 1. The van der Waals surface area contributed by atoms with Crippen LogP contribution in [0.15, 0.2) is 29.8 Å². The van der Waals surface area contributed by atoms with Gasteiger partial charge in [-0.1, -0.05) is 12.1 Å². The van der Waals surface area contributed by atoms with Gasteiger partial charge in [0.15, 0.2) is 0 Å². The molecule has 17 heavy (non-hydrogen) atoms. The summed E-state index contributed by atoms with van der Waals surface area (Å²) in [6.07, 6.45) is 1.23. The van der Waals surface area contributed by atoms with E-state index in [9.17, 15) is 9.59 Å². The van der Waals surface area contributed by atoms with Crippen molar-refractivity contribution in [2.45, 2.75) is 0 Å². The molecule has 0 saturated carbocycles. The molecule has 0 saturated heterocycles. The summed E-state index contributed by atoms with van der Waals surface area (Å²) >= 11 is 0. The second-order valence-electron chi connectivity index (χ2n) is 3.09. The van der Waals surface area contributed by atoms with E-state index < -0.39 is 11.9 Å². The molecule has 0 aliphatic heterocycles. The fraction of sp³-hybridized carbons (Fsp3) is 0.0833. The van der Waals surface area contributed by atoms with Crippen LogP contribution in [0.2, 0.25) is 0 Å². The molecule has 1 aromatic rings. The van der Waals surface area contributed by atoms with Crippen LogP contribution in [0.5, 0.6) is 0 Å². The molecule has 1 N–H and O–H groups in total. The number of carbonyl (C=O) groups is 2. The van der Waals surface area contributed by atoms with Gasteiger partial charge < -0.3 is 9.84 Å². The van der Waals surface area contributed by atoms with E-state index in [0.29, 0.717) is 11.1 Å². The molecule has 5 heteroatoms. The highest BCUT2D eigenvalue weighted by atomic mass is 16.5. The SMILES string of the molecule is COC(=O)c1ccc(C=C(C#N)C(=O)O)cc1. The molecular formula is C12H9NO4. The van der Waals surface area contributed by atoms with Crippen molar-refractivity contribution in [2.75, 3.05) is 7.11 Å². The lowest BCUT2D eigenvalue weighted by molar-refractivity contribution is -0.132. The van der Waals surface area contributed by atoms with Crippen molar-refractivity contribution in [2.24, 2.45) is 0 Å². The molecule has 0 aliphatic rings. The maximum Gasteiger partial charge on any atom is 0.346 e. The van der Waals surface area contributed by atoms with E-state index in [4.69, 9.17) is 10.4 Å². The van der Waals surface area contributed by atoms with Crippen molar-refractivity contribution < 1.29 is 19.4 Å². The minimum absolute atomic E-state index is 0.360. The highest BCUT2D eigenvalue weighted by Gasteiger charge is 2.07. The maximum absolute atomic E-state index is 11.1. The molecule has 0 radical (unpaired) electrons. The zero-order valence-corrected chi connectivity index (χ0v) is 9.01. The van der Waals surface area contributed by atoms with Crippen LogP contribution in [0.1, 0.15) is 15.9 Å². The Balaban J connectivity index is 3.00. The number of ether oxygens (including phenoxy) is 1. The summed E-state index contributed by atoms with van der Waals surface area (Å²) in [5.74, 6) is -1.76. The Hall–Kier alpha value is -2.61. The summed E-state index contributed by atoms with van der Waals surface area (Å²) in [5.41, 5.74) is 0.519. The predicted molar refractivity (Wildman–Crippen MR) is 59.0 cm³/mol. The number of carboxylic acid groups (broad SMARTS) is 1. The number of hydrogen-bond acceptors (Lipinski definition) is 4. The van der Waals surface area contributed by atoms with Gasteiger partial charge in [0.05, 0.1) is 12.7 Å². The number of aliphatic carboxylic acids is 1. The lowest BCUT2D eigenvalue weighted by Gasteiger charge is -1.99. The van der Waals surface area contributed by atoms with Gasteiger partial charge in [-0.25, -0.2) is 9.59 Å². The van der Waals surface area contributed by atoms with Crippen molar-refractivity contribution in [3.63, 3.8) is 0 Å².